The summed E-state index contributed by atoms with van der Waals surface area (Å²) >= 11 is 5.64. The Balaban J connectivity index is 2.89. The Kier molecular flexibility index (Phi) is 3.22. The first-order valence-electron chi connectivity index (χ1n) is 3.77. The summed E-state index contributed by atoms with van der Waals surface area (Å²) in [6.07, 6.45) is 1.42. The van der Waals surface area contributed by atoms with E-state index < -0.39 is 5.91 Å². The second-order valence-electron chi connectivity index (χ2n) is 2.38. The van der Waals surface area contributed by atoms with E-state index in [0.29, 0.717) is 10.1 Å². The van der Waals surface area contributed by atoms with Crippen LogP contribution in [0.5, 0.6) is 0 Å². The average molecular weight is 201 g/mol. The van der Waals surface area contributed by atoms with Gasteiger partial charge in [0, 0.05) is 17.8 Å². The van der Waals surface area contributed by atoms with Crippen molar-refractivity contribution in [3.8, 4) is 0 Å². The van der Waals surface area contributed by atoms with Gasteiger partial charge in [-0.3, -0.25) is 15.0 Å². The molecule has 1 aromatic heterocycles. The lowest BCUT2D eigenvalue weighted by molar-refractivity contribution is -0.0545. The number of carbonyl (C=O) groups is 1. The quantitative estimate of drug-likeness (QED) is 0.583. The Hall–Kier alpha value is -1.13. The van der Waals surface area contributed by atoms with Crippen molar-refractivity contribution in [1.29, 1.82) is 0 Å². The molecule has 0 aliphatic heterocycles. The predicted molar refractivity (Wildman–Crippen MR) is 47.7 cm³/mol. The SMILES string of the molecule is CCN(O)C(=O)c1cc(Cl)ccn1. The topological polar surface area (TPSA) is 53.4 Å². The highest BCUT2D eigenvalue weighted by Gasteiger charge is 2.12. The molecule has 4 nitrogen and oxygen atoms in total. The van der Waals surface area contributed by atoms with Crippen LogP contribution in [-0.2, 0) is 0 Å². The Labute approximate surface area is 80.7 Å². The van der Waals surface area contributed by atoms with Crippen LogP contribution in [0.25, 0.3) is 0 Å². The van der Waals surface area contributed by atoms with Gasteiger partial charge in [0.2, 0.25) is 0 Å². The molecule has 1 N–H and O–H groups in total. The van der Waals surface area contributed by atoms with Crippen molar-refractivity contribution in [3.05, 3.63) is 29.0 Å². The molecule has 0 radical (unpaired) electrons. The maximum atomic E-state index is 11.3. The lowest BCUT2D eigenvalue weighted by Crippen LogP contribution is -2.27. The first kappa shape index (κ1) is 9.95. The van der Waals surface area contributed by atoms with Gasteiger partial charge in [-0.15, -0.1) is 0 Å². The van der Waals surface area contributed by atoms with Crippen LogP contribution in [0.15, 0.2) is 18.3 Å². The van der Waals surface area contributed by atoms with E-state index in [2.05, 4.69) is 4.98 Å². The molecule has 0 atom stereocenters. The minimum Gasteiger partial charge on any atom is -0.286 e. The van der Waals surface area contributed by atoms with Crippen LogP contribution < -0.4 is 0 Å². The molecule has 13 heavy (non-hydrogen) atoms. The predicted octanol–water partition coefficient (Wildman–Crippen LogP) is 1.59. The Morgan fingerprint density at radius 1 is 1.77 bits per heavy atom. The molecule has 5 heteroatoms. The van der Waals surface area contributed by atoms with Gasteiger partial charge in [0.25, 0.3) is 5.91 Å². The highest BCUT2D eigenvalue weighted by Crippen LogP contribution is 2.09. The van der Waals surface area contributed by atoms with Crippen molar-refractivity contribution in [2.75, 3.05) is 6.54 Å². The van der Waals surface area contributed by atoms with E-state index in [4.69, 9.17) is 16.8 Å². The lowest BCUT2D eigenvalue weighted by atomic mass is 10.3. The fourth-order valence-electron chi connectivity index (χ4n) is 0.798. The average Bonchev–Trinajstić information content (AvgIpc) is 2.15. The first-order chi connectivity index (χ1) is 6.15. The molecule has 0 aliphatic rings. The molecule has 0 spiro atoms. The van der Waals surface area contributed by atoms with Gasteiger partial charge in [-0.25, -0.2) is 5.06 Å². The molecule has 1 rings (SSSR count). The smallest absolute Gasteiger partial charge is 0.286 e. The Morgan fingerprint density at radius 2 is 2.46 bits per heavy atom. The van der Waals surface area contributed by atoms with Gasteiger partial charge >= 0.3 is 0 Å². The van der Waals surface area contributed by atoms with Crippen LogP contribution >= 0.6 is 11.6 Å². The maximum Gasteiger partial charge on any atom is 0.295 e. The zero-order chi connectivity index (χ0) is 9.84. The monoisotopic (exact) mass is 200 g/mol. The number of rotatable bonds is 2. The van der Waals surface area contributed by atoms with Gasteiger partial charge < -0.3 is 0 Å². The van der Waals surface area contributed by atoms with E-state index >= 15 is 0 Å². The lowest BCUT2D eigenvalue weighted by Gasteiger charge is -2.10. The van der Waals surface area contributed by atoms with Crippen LogP contribution in [0.4, 0.5) is 0 Å². The van der Waals surface area contributed by atoms with Gasteiger partial charge in [0.1, 0.15) is 5.69 Å². The number of amides is 1. The largest absolute Gasteiger partial charge is 0.295 e. The number of hydroxylamine groups is 2. The van der Waals surface area contributed by atoms with Crippen molar-refractivity contribution in [3.63, 3.8) is 0 Å². The molecular weight excluding hydrogens is 192 g/mol. The summed E-state index contributed by atoms with van der Waals surface area (Å²) < 4.78 is 0. The van der Waals surface area contributed by atoms with E-state index in [1.165, 1.54) is 12.3 Å². The van der Waals surface area contributed by atoms with Crippen molar-refractivity contribution in [1.82, 2.24) is 10.0 Å². The number of aromatic nitrogens is 1. The van der Waals surface area contributed by atoms with E-state index in [-0.39, 0.29) is 12.2 Å². The van der Waals surface area contributed by atoms with Gasteiger partial charge in [-0.05, 0) is 19.1 Å². The molecule has 0 aromatic carbocycles. The molecular formula is C8H9ClN2O2. The molecule has 0 fully saturated rings. The van der Waals surface area contributed by atoms with E-state index in [0.717, 1.165) is 0 Å². The zero-order valence-corrected chi connectivity index (χ0v) is 7.82. The highest BCUT2D eigenvalue weighted by atomic mass is 35.5. The van der Waals surface area contributed by atoms with Crippen LogP contribution in [0.1, 0.15) is 17.4 Å². The van der Waals surface area contributed by atoms with E-state index in [1.54, 1.807) is 13.0 Å². The molecule has 70 valence electrons. The van der Waals surface area contributed by atoms with Crippen LogP contribution in [-0.4, -0.2) is 27.7 Å². The molecule has 1 aromatic rings. The summed E-state index contributed by atoms with van der Waals surface area (Å²) in [6, 6.07) is 2.97. The summed E-state index contributed by atoms with van der Waals surface area (Å²) in [4.78, 5) is 15.1. The second kappa shape index (κ2) is 4.20. The standard InChI is InChI=1S/C8H9ClN2O2/c1-2-11(13)8(12)7-5-6(9)3-4-10-7/h3-5,13H,2H2,1H3. The third-order valence-corrected chi connectivity index (χ3v) is 1.71. The number of nitrogens with zero attached hydrogens (tertiary/aromatic N) is 2. The fraction of sp³-hybridized carbons (Fsp3) is 0.250. The van der Waals surface area contributed by atoms with Gasteiger partial charge in [0.15, 0.2) is 0 Å². The van der Waals surface area contributed by atoms with Crippen molar-refractivity contribution >= 4 is 17.5 Å². The summed E-state index contributed by atoms with van der Waals surface area (Å²) in [5.41, 5.74) is 0.136. The van der Waals surface area contributed by atoms with Gasteiger partial charge in [0.05, 0.1) is 0 Å². The third kappa shape index (κ3) is 2.40. The Morgan fingerprint density at radius 3 is 3.00 bits per heavy atom. The van der Waals surface area contributed by atoms with Crippen LogP contribution in [0.3, 0.4) is 0 Å². The minimum atomic E-state index is -0.551. The molecule has 0 saturated carbocycles. The van der Waals surface area contributed by atoms with Crippen molar-refractivity contribution < 1.29 is 10.0 Å². The molecule has 1 heterocycles. The fourth-order valence-corrected chi connectivity index (χ4v) is 0.957. The number of pyridine rings is 1. The summed E-state index contributed by atoms with van der Waals surface area (Å²) in [5, 5.41) is 10.1. The summed E-state index contributed by atoms with van der Waals surface area (Å²) in [5.74, 6) is -0.551. The molecule has 0 unspecified atom stereocenters. The van der Waals surface area contributed by atoms with Crippen LogP contribution in [0, 0.1) is 0 Å². The van der Waals surface area contributed by atoms with Crippen LogP contribution in [0.2, 0.25) is 5.02 Å². The maximum absolute atomic E-state index is 11.3. The summed E-state index contributed by atoms with van der Waals surface area (Å²) in [6.45, 7) is 1.87. The number of carbonyl (C=O) groups excluding carboxylic acids is 1. The highest BCUT2D eigenvalue weighted by molar-refractivity contribution is 6.30. The Bertz CT molecular complexity index is 317. The molecule has 0 saturated heterocycles. The van der Waals surface area contributed by atoms with E-state index in [9.17, 15) is 4.79 Å². The molecule has 1 amide bonds. The van der Waals surface area contributed by atoms with Gasteiger partial charge in [-0.1, -0.05) is 11.6 Å². The second-order valence-corrected chi connectivity index (χ2v) is 2.82. The van der Waals surface area contributed by atoms with E-state index in [1.807, 2.05) is 0 Å². The van der Waals surface area contributed by atoms with Crippen molar-refractivity contribution in [2.45, 2.75) is 6.92 Å². The molecule has 0 aliphatic carbocycles. The van der Waals surface area contributed by atoms with Gasteiger partial charge in [-0.2, -0.15) is 0 Å². The minimum absolute atomic E-state index is 0.136. The normalized spacial score (nSPS) is 9.77. The summed E-state index contributed by atoms with van der Waals surface area (Å²) in [7, 11) is 0. The number of hydrogen-bond donors (Lipinski definition) is 1. The zero-order valence-electron chi connectivity index (χ0n) is 7.07. The number of halogens is 1. The number of hydrogen-bond acceptors (Lipinski definition) is 3. The third-order valence-electron chi connectivity index (χ3n) is 1.48. The molecule has 0 bridgehead atoms. The first-order valence-corrected chi connectivity index (χ1v) is 4.15. The van der Waals surface area contributed by atoms with Crippen molar-refractivity contribution in [2.24, 2.45) is 0 Å².